The molecule has 0 bridgehead atoms. The Labute approximate surface area is 119 Å². The van der Waals surface area contributed by atoms with Crippen molar-refractivity contribution in [2.45, 2.75) is 19.3 Å². The van der Waals surface area contributed by atoms with Gasteiger partial charge in [0.25, 0.3) is 0 Å². The second-order valence-electron chi connectivity index (χ2n) is 5.54. The first-order chi connectivity index (χ1) is 9.83. The summed E-state index contributed by atoms with van der Waals surface area (Å²) >= 11 is 0. The van der Waals surface area contributed by atoms with E-state index in [2.05, 4.69) is 60.3 Å². The minimum atomic E-state index is 1.03. The first kappa shape index (κ1) is 11.5. The quantitative estimate of drug-likeness (QED) is 0.728. The fourth-order valence-electron chi connectivity index (χ4n) is 3.23. The van der Waals surface area contributed by atoms with E-state index in [1.165, 1.54) is 45.2 Å². The molecule has 0 saturated heterocycles. The fourth-order valence-corrected chi connectivity index (χ4v) is 3.23. The van der Waals surface area contributed by atoms with Crippen molar-refractivity contribution < 1.29 is 0 Å². The SMILES string of the molecule is C=C1C2=CCCC=C2C/C1=C\c1c[nH]c2ccccc12. The van der Waals surface area contributed by atoms with Gasteiger partial charge in [-0.3, -0.25) is 0 Å². The molecule has 98 valence electrons. The highest BCUT2D eigenvalue weighted by Crippen LogP contribution is 2.42. The van der Waals surface area contributed by atoms with E-state index >= 15 is 0 Å². The summed E-state index contributed by atoms with van der Waals surface area (Å²) in [5.74, 6) is 0. The number of fused-ring (bicyclic) bond motifs is 2. The Bertz CT molecular complexity index is 796. The normalized spacial score (nSPS) is 20.2. The molecule has 2 aliphatic rings. The molecule has 0 spiro atoms. The molecule has 1 N–H and O–H groups in total. The third-order valence-corrected chi connectivity index (χ3v) is 4.30. The first-order valence-corrected chi connectivity index (χ1v) is 7.19. The van der Waals surface area contributed by atoms with Gasteiger partial charge in [-0.25, -0.2) is 0 Å². The average molecular weight is 259 g/mol. The molecule has 0 atom stereocenters. The Morgan fingerprint density at radius 3 is 2.85 bits per heavy atom. The van der Waals surface area contributed by atoms with Crippen LogP contribution in [0.4, 0.5) is 0 Å². The summed E-state index contributed by atoms with van der Waals surface area (Å²) in [7, 11) is 0. The van der Waals surface area contributed by atoms with Gasteiger partial charge in [0.15, 0.2) is 0 Å². The van der Waals surface area contributed by atoms with E-state index in [1.54, 1.807) is 0 Å². The van der Waals surface area contributed by atoms with E-state index in [9.17, 15) is 0 Å². The number of rotatable bonds is 1. The highest BCUT2D eigenvalue weighted by Gasteiger charge is 2.23. The van der Waals surface area contributed by atoms with Crippen LogP contribution in [0.25, 0.3) is 17.0 Å². The topological polar surface area (TPSA) is 15.8 Å². The molecule has 2 aliphatic carbocycles. The Morgan fingerprint density at radius 2 is 1.95 bits per heavy atom. The average Bonchev–Trinajstić information content (AvgIpc) is 3.03. The molecular formula is C19H17N. The van der Waals surface area contributed by atoms with Gasteiger partial charge >= 0.3 is 0 Å². The van der Waals surface area contributed by atoms with Gasteiger partial charge in [0.1, 0.15) is 0 Å². The highest BCUT2D eigenvalue weighted by molar-refractivity contribution is 5.90. The number of hydrogen-bond donors (Lipinski definition) is 1. The van der Waals surface area contributed by atoms with Gasteiger partial charge in [0.05, 0.1) is 0 Å². The first-order valence-electron chi connectivity index (χ1n) is 7.19. The lowest BCUT2D eigenvalue weighted by molar-refractivity contribution is 0.998. The van der Waals surface area contributed by atoms with Gasteiger partial charge < -0.3 is 4.98 Å². The summed E-state index contributed by atoms with van der Waals surface area (Å²) in [6.45, 7) is 4.29. The summed E-state index contributed by atoms with van der Waals surface area (Å²) in [5.41, 5.74) is 7.86. The molecule has 1 aromatic carbocycles. The van der Waals surface area contributed by atoms with Crippen LogP contribution in [-0.2, 0) is 0 Å². The Balaban J connectivity index is 1.80. The summed E-state index contributed by atoms with van der Waals surface area (Å²) < 4.78 is 0. The van der Waals surface area contributed by atoms with Crippen molar-refractivity contribution in [3.8, 4) is 0 Å². The van der Waals surface area contributed by atoms with Crippen LogP contribution in [0.15, 0.2) is 71.5 Å². The molecule has 0 aliphatic heterocycles. The van der Waals surface area contributed by atoms with Crippen LogP contribution in [0, 0.1) is 0 Å². The van der Waals surface area contributed by atoms with Crippen LogP contribution >= 0.6 is 0 Å². The van der Waals surface area contributed by atoms with E-state index in [1.807, 2.05) is 0 Å². The Morgan fingerprint density at radius 1 is 1.10 bits per heavy atom. The minimum absolute atomic E-state index is 1.03. The second-order valence-corrected chi connectivity index (χ2v) is 5.54. The summed E-state index contributed by atoms with van der Waals surface area (Å²) in [6.07, 6.45) is 12.5. The van der Waals surface area contributed by atoms with Crippen molar-refractivity contribution in [1.29, 1.82) is 0 Å². The van der Waals surface area contributed by atoms with E-state index in [0.29, 0.717) is 0 Å². The number of allylic oxidation sites excluding steroid dienone is 6. The number of aromatic amines is 1. The lowest BCUT2D eigenvalue weighted by Gasteiger charge is -2.06. The fraction of sp³-hybridized carbons (Fsp3) is 0.158. The number of para-hydroxylation sites is 1. The van der Waals surface area contributed by atoms with Crippen molar-refractivity contribution in [1.82, 2.24) is 4.98 Å². The second kappa shape index (κ2) is 4.38. The molecule has 0 unspecified atom stereocenters. The number of H-pyrrole nitrogens is 1. The third kappa shape index (κ3) is 1.70. The maximum Gasteiger partial charge on any atom is 0.0460 e. The number of benzene rings is 1. The van der Waals surface area contributed by atoms with Crippen molar-refractivity contribution >= 4 is 17.0 Å². The molecule has 1 aromatic heterocycles. The monoisotopic (exact) mass is 259 g/mol. The van der Waals surface area contributed by atoms with Crippen molar-refractivity contribution in [3.05, 3.63) is 77.0 Å². The van der Waals surface area contributed by atoms with Crippen molar-refractivity contribution in [3.63, 3.8) is 0 Å². The van der Waals surface area contributed by atoms with Crippen LogP contribution in [0.3, 0.4) is 0 Å². The zero-order valence-corrected chi connectivity index (χ0v) is 11.4. The van der Waals surface area contributed by atoms with Gasteiger partial charge in [-0.15, -0.1) is 0 Å². The molecular weight excluding hydrogens is 242 g/mol. The zero-order valence-electron chi connectivity index (χ0n) is 11.4. The number of nitrogens with one attached hydrogen (secondary N) is 1. The van der Waals surface area contributed by atoms with Gasteiger partial charge in [-0.05, 0) is 53.7 Å². The molecule has 1 heteroatoms. The molecule has 20 heavy (non-hydrogen) atoms. The maximum atomic E-state index is 4.29. The maximum absolute atomic E-state index is 4.29. The predicted molar refractivity (Wildman–Crippen MR) is 85.4 cm³/mol. The molecule has 1 heterocycles. The summed E-state index contributed by atoms with van der Waals surface area (Å²) in [4.78, 5) is 3.34. The molecule has 1 nitrogen and oxygen atoms in total. The third-order valence-electron chi connectivity index (χ3n) is 4.30. The Hall–Kier alpha value is -2.28. The minimum Gasteiger partial charge on any atom is -0.361 e. The van der Waals surface area contributed by atoms with Crippen molar-refractivity contribution in [2.24, 2.45) is 0 Å². The van der Waals surface area contributed by atoms with Crippen LogP contribution in [-0.4, -0.2) is 4.98 Å². The van der Waals surface area contributed by atoms with Gasteiger partial charge in [0, 0.05) is 22.7 Å². The van der Waals surface area contributed by atoms with Gasteiger partial charge in [-0.2, -0.15) is 0 Å². The van der Waals surface area contributed by atoms with Gasteiger partial charge in [-0.1, -0.05) is 36.9 Å². The van der Waals surface area contributed by atoms with Gasteiger partial charge in [0.2, 0.25) is 0 Å². The zero-order chi connectivity index (χ0) is 13.5. The van der Waals surface area contributed by atoms with Crippen molar-refractivity contribution in [2.75, 3.05) is 0 Å². The van der Waals surface area contributed by atoms with Crippen LogP contribution in [0.2, 0.25) is 0 Å². The van der Waals surface area contributed by atoms with E-state index in [4.69, 9.17) is 0 Å². The summed E-state index contributed by atoms with van der Waals surface area (Å²) in [5, 5.41) is 1.28. The highest BCUT2D eigenvalue weighted by atomic mass is 14.7. The smallest absolute Gasteiger partial charge is 0.0460 e. The number of aromatic nitrogens is 1. The molecule has 2 aromatic rings. The Kier molecular flexibility index (Phi) is 2.53. The van der Waals surface area contributed by atoms with E-state index < -0.39 is 0 Å². The molecule has 1 saturated carbocycles. The molecule has 4 rings (SSSR count). The number of hydrogen-bond acceptors (Lipinski definition) is 0. The van der Waals surface area contributed by atoms with E-state index in [0.717, 1.165) is 12.8 Å². The molecule has 1 fully saturated rings. The lowest BCUT2D eigenvalue weighted by Crippen LogP contribution is -1.87. The summed E-state index contributed by atoms with van der Waals surface area (Å²) in [6, 6.07) is 8.44. The molecule has 0 amide bonds. The standard InChI is InChI=1S/C19H17N/c1-13-15(10-14-6-2-3-7-17(13)14)11-16-12-20-19-9-5-4-8-18(16)19/h4-9,11-12,20H,1-3,10H2/b15-11+. The molecule has 0 radical (unpaired) electrons. The predicted octanol–water partition coefficient (Wildman–Crippen LogP) is 5.16. The largest absolute Gasteiger partial charge is 0.361 e. The van der Waals surface area contributed by atoms with Crippen LogP contribution in [0.5, 0.6) is 0 Å². The van der Waals surface area contributed by atoms with E-state index in [-0.39, 0.29) is 0 Å². The van der Waals surface area contributed by atoms with Crippen LogP contribution in [0.1, 0.15) is 24.8 Å². The lowest BCUT2D eigenvalue weighted by atomic mass is 9.99. The van der Waals surface area contributed by atoms with Crippen LogP contribution < -0.4 is 0 Å².